The van der Waals surface area contributed by atoms with Crippen LogP contribution in [0, 0.1) is 0 Å². The van der Waals surface area contributed by atoms with E-state index in [-0.39, 0.29) is 0 Å². The van der Waals surface area contributed by atoms with E-state index in [2.05, 4.69) is 27.4 Å². The predicted molar refractivity (Wildman–Crippen MR) is 74.5 cm³/mol. The minimum atomic E-state index is 0.869. The van der Waals surface area contributed by atoms with Crippen molar-refractivity contribution in [2.45, 2.75) is 0 Å². The summed E-state index contributed by atoms with van der Waals surface area (Å²) in [4.78, 5) is 8.94. The smallest absolute Gasteiger partial charge is 0.126 e. The number of pyridine rings is 2. The van der Waals surface area contributed by atoms with Gasteiger partial charge in [-0.15, -0.1) is 0 Å². The Labute approximate surface area is 106 Å². The van der Waals surface area contributed by atoms with E-state index in [9.17, 15) is 0 Å². The molecule has 3 nitrogen and oxygen atoms in total. The van der Waals surface area contributed by atoms with Crippen molar-refractivity contribution in [3.63, 3.8) is 0 Å². The zero-order valence-corrected chi connectivity index (χ0v) is 10.1. The fourth-order valence-corrected chi connectivity index (χ4v) is 2.05. The van der Waals surface area contributed by atoms with Gasteiger partial charge in [0.05, 0.1) is 11.2 Å². The van der Waals surface area contributed by atoms with Crippen LogP contribution in [0.1, 0.15) is 0 Å². The summed E-state index contributed by atoms with van der Waals surface area (Å²) in [5.74, 6) is 0.869. The Morgan fingerprint density at radius 3 is 2.72 bits per heavy atom. The molecule has 2 heterocycles. The molecule has 2 aromatic heterocycles. The average molecular weight is 235 g/mol. The molecule has 0 atom stereocenters. The Morgan fingerprint density at radius 1 is 0.944 bits per heavy atom. The van der Waals surface area contributed by atoms with Crippen LogP contribution in [0.25, 0.3) is 22.2 Å². The number of hydrogen-bond acceptors (Lipinski definition) is 3. The van der Waals surface area contributed by atoms with Crippen molar-refractivity contribution in [1.29, 1.82) is 0 Å². The van der Waals surface area contributed by atoms with Crippen LogP contribution in [0.3, 0.4) is 0 Å². The van der Waals surface area contributed by atoms with E-state index in [4.69, 9.17) is 0 Å². The van der Waals surface area contributed by atoms with E-state index in [0.29, 0.717) is 0 Å². The van der Waals surface area contributed by atoms with Gasteiger partial charge in [-0.25, -0.2) is 4.98 Å². The first-order valence-electron chi connectivity index (χ1n) is 5.87. The first-order chi connectivity index (χ1) is 8.88. The van der Waals surface area contributed by atoms with Gasteiger partial charge in [0.2, 0.25) is 0 Å². The summed E-state index contributed by atoms with van der Waals surface area (Å²) < 4.78 is 0. The van der Waals surface area contributed by atoms with Gasteiger partial charge in [-0.05, 0) is 24.3 Å². The molecule has 1 N–H and O–H groups in total. The number of anilines is 1. The molecule has 0 fully saturated rings. The van der Waals surface area contributed by atoms with Crippen LogP contribution in [0.5, 0.6) is 0 Å². The predicted octanol–water partition coefficient (Wildman–Crippen LogP) is 3.34. The third kappa shape index (κ3) is 1.80. The zero-order valence-electron chi connectivity index (χ0n) is 10.1. The van der Waals surface area contributed by atoms with Gasteiger partial charge in [0.15, 0.2) is 0 Å². The fraction of sp³-hybridized carbons (Fsp3) is 0.0667. The lowest BCUT2D eigenvalue weighted by atomic mass is 10.1. The standard InChI is InChI=1S/C15H13N3/c1-16-15-9-3-8-14(18-15)12-5-2-7-13-11(12)6-4-10-17-13/h2-10H,1H3,(H,16,18). The van der Waals surface area contributed by atoms with Crippen molar-refractivity contribution >= 4 is 16.7 Å². The second-order valence-corrected chi connectivity index (χ2v) is 4.03. The quantitative estimate of drug-likeness (QED) is 0.740. The topological polar surface area (TPSA) is 37.8 Å². The Kier molecular flexibility index (Phi) is 2.65. The molecule has 0 aliphatic heterocycles. The largest absolute Gasteiger partial charge is 0.373 e. The van der Waals surface area contributed by atoms with Crippen LogP contribution < -0.4 is 5.32 Å². The molecule has 0 unspecified atom stereocenters. The molecule has 0 aliphatic rings. The van der Waals surface area contributed by atoms with Crippen molar-refractivity contribution in [3.8, 4) is 11.3 Å². The van der Waals surface area contributed by atoms with Gasteiger partial charge in [0, 0.05) is 24.2 Å². The van der Waals surface area contributed by atoms with Crippen LogP contribution in [0.15, 0.2) is 54.7 Å². The van der Waals surface area contributed by atoms with Gasteiger partial charge < -0.3 is 5.32 Å². The number of hydrogen-bond donors (Lipinski definition) is 1. The molecule has 3 heteroatoms. The minimum absolute atomic E-state index is 0.869. The van der Waals surface area contributed by atoms with Gasteiger partial charge in [-0.1, -0.05) is 24.3 Å². The van der Waals surface area contributed by atoms with E-state index in [1.54, 1.807) is 0 Å². The summed E-state index contributed by atoms with van der Waals surface area (Å²) in [6.07, 6.45) is 1.81. The second-order valence-electron chi connectivity index (χ2n) is 4.03. The van der Waals surface area contributed by atoms with Gasteiger partial charge in [0.1, 0.15) is 5.82 Å². The third-order valence-electron chi connectivity index (χ3n) is 2.93. The van der Waals surface area contributed by atoms with Gasteiger partial charge in [-0.2, -0.15) is 0 Å². The van der Waals surface area contributed by atoms with E-state index >= 15 is 0 Å². The molecule has 1 aromatic carbocycles. The molecular weight excluding hydrogens is 222 g/mol. The second kappa shape index (κ2) is 4.45. The molecule has 0 bridgehead atoms. The fourth-order valence-electron chi connectivity index (χ4n) is 2.05. The molecule has 0 spiro atoms. The van der Waals surface area contributed by atoms with Gasteiger partial charge >= 0.3 is 0 Å². The molecule has 3 aromatic rings. The summed E-state index contributed by atoms with van der Waals surface area (Å²) in [6, 6.07) is 16.1. The highest BCUT2D eigenvalue weighted by molar-refractivity contribution is 5.93. The molecule has 0 saturated heterocycles. The molecule has 0 saturated carbocycles. The zero-order chi connectivity index (χ0) is 12.4. The summed E-state index contributed by atoms with van der Waals surface area (Å²) in [6.45, 7) is 0. The number of nitrogens with one attached hydrogen (secondary N) is 1. The Hall–Kier alpha value is -2.42. The van der Waals surface area contributed by atoms with E-state index in [1.165, 1.54) is 0 Å². The Morgan fingerprint density at radius 2 is 1.83 bits per heavy atom. The Balaban J connectivity index is 2.24. The van der Waals surface area contributed by atoms with Crippen molar-refractivity contribution in [3.05, 3.63) is 54.7 Å². The molecule has 0 aliphatic carbocycles. The summed E-state index contributed by atoms with van der Waals surface area (Å²) in [7, 11) is 1.87. The summed E-state index contributed by atoms with van der Waals surface area (Å²) in [5, 5.41) is 4.18. The molecular formula is C15H13N3. The lowest BCUT2D eigenvalue weighted by molar-refractivity contribution is 1.29. The maximum absolute atomic E-state index is 4.57. The van der Waals surface area contributed by atoms with Crippen LogP contribution >= 0.6 is 0 Å². The number of aromatic nitrogens is 2. The van der Waals surface area contributed by atoms with Gasteiger partial charge in [-0.3, -0.25) is 4.98 Å². The first kappa shape index (κ1) is 10.7. The molecule has 18 heavy (non-hydrogen) atoms. The lowest BCUT2D eigenvalue weighted by Crippen LogP contribution is -1.93. The van der Waals surface area contributed by atoms with Crippen molar-refractivity contribution < 1.29 is 0 Å². The van der Waals surface area contributed by atoms with Crippen LogP contribution in [0.2, 0.25) is 0 Å². The normalized spacial score (nSPS) is 10.5. The highest BCUT2D eigenvalue weighted by Crippen LogP contribution is 2.26. The molecule has 0 amide bonds. The van der Waals surface area contributed by atoms with E-state index < -0.39 is 0 Å². The highest BCUT2D eigenvalue weighted by Gasteiger charge is 2.05. The van der Waals surface area contributed by atoms with E-state index in [1.807, 2.05) is 49.6 Å². The van der Waals surface area contributed by atoms with Crippen LogP contribution in [-0.2, 0) is 0 Å². The first-order valence-corrected chi connectivity index (χ1v) is 5.87. The molecule has 88 valence electrons. The number of benzene rings is 1. The minimum Gasteiger partial charge on any atom is -0.373 e. The monoisotopic (exact) mass is 235 g/mol. The molecule has 3 rings (SSSR count). The van der Waals surface area contributed by atoms with Crippen molar-refractivity contribution in [1.82, 2.24) is 9.97 Å². The van der Waals surface area contributed by atoms with E-state index in [0.717, 1.165) is 28.0 Å². The summed E-state index contributed by atoms with van der Waals surface area (Å²) >= 11 is 0. The Bertz CT molecular complexity index is 687. The molecule has 0 radical (unpaired) electrons. The van der Waals surface area contributed by atoms with Crippen molar-refractivity contribution in [2.24, 2.45) is 0 Å². The number of fused-ring (bicyclic) bond motifs is 1. The number of nitrogens with zero attached hydrogens (tertiary/aromatic N) is 2. The van der Waals surface area contributed by atoms with Crippen LogP contribution in [0.4, 0.5) is 5.82 Å². The lowest BCUT2D eigenvalue weighted by Gasteiger charge is -2.07. The van der Waals surface area contributed by atoms with Crippen molar-refractivity contribution in [2.75, 3.05) is 12.4 Å². The average Bonchev–Trinajstić information content (AvgIpc) is 2.47. The third-order valence-corrected chi connectivity index (χ3v) is 2.93. The maximum atomic E-state index is 4.57. The maximum Gasteiger partial charge on any atom is 0.126 e. The van der Waals surface area contributed by atoms with Gasteiger partial charge in [0.25, 0.3) is 0 Å². The number of rotatable bonds is 2. The highest BCUT2D eigenvalue weighted by atomic mass is 15.0. The van der Waals surface area contributed by atoms with Crippen LogP contribution in [-0.4, -0.2) is 17.0 Å². The SMILES string of the molecule is CNc1cccc(-c2cccc3ncccc23)n1. The summed E-state index contributed by atoms with van der Waals surface area (Å²) in [5.41, 5.74) is 3.06.